The minimum atomic E-state index is -0.517. The van der Waals surface area contributed by atoms with Crippen LogP contribution in [0.1, 0.15) is 23.2 Å². The van der Waals surface area contributed by atoms with Gasteiger partial charge in [-0.2, -0.15) is 0 Å². The molecule has 27 heavy (non-hydrogen) atoms. The average molecular weight is 416 g/mol. The Morgan fingerprint density at radius 2 is 1.78 bits per heavy atom. The predicted molar refractivity (Wildman–Crippen MR) is 107 cm³/mol. The summed E-state index contributed by atoms with van der Waals surface area (Å²) in [4.78, 5) is 44.8. The highest BCUT2D eigenvalue weighted by Gasteiger charge is 2.31. The van der Waals surface area contributed by atoms with E-state index in [0.29, 0.717) is 17.4 Å². The molecule has 2 atom stereocenters. The van der Waals surface area contributed by atoms with Gasteiger partial charge in [-0.1, -0.05) is 0 Å². The molecule has 0 bridgehead atoms. The second-order valence-corrected chi connectivity index (χ2v) is 6.96. The quantitative estimate of drug-likeness (QED) is 0.707. The van der Waals surface area contributed by atoms with Crippen molar-refractivity contribution < 1.29 is 4.79 Å². The maximum atomic E-state index is 12.9. The first kappa shape index (κ1) is 21.4. The maximum Gasteiger partial charge on any atom is 0.329 e. The number of hydrogen-bond donors (Lipinski definition) is 2. The Kier molecular flexibility index (Phi) is 6.67. The molecule has 2 saturated heterocycles. The Balaban J connectivity index is 0.00000131. The molecule has 2 aromatic rings. The van der Waals surface area contributed by atoms with Gasteiger partial charge in [0.1, 0.15) is 5.65 Å². The third kappa shape index (κ3) is 3.88. The number of rotatable bonds is 1. The molecule has 0 unspecified atom stereocenters. The zero-order valence-corrected chi connectivity index (χ0v) is 16.6. The molecule has 2 N–H and O–H groups in total. The smallest absolute Gasteiger partial charge is 0.329 e. The lowest BCUT2D eigenvalue weighted by Crippen LogP contribution is -2.33. The van der Waals surface area contributed by atoms with Crippen LogP contribution in [0.25, 0.3) is 11.0 Å². The Morgan fingerprint density at radius 3 is 2.41 bits per heavy atom. The monoisotopic (exact) mass is 415 g/mol. The van der Waals surface area contributed by atoms with Crippen LogP contribution in [0.4, 0.5) is 0 Å². The summed E-state index contributed by atoms with van der Waals surface area (Å²) >= 11 is 0. The maximum absolute atomic E-state index is 12.9. The van der Waals surface area contributed by atoms with Gasteiger partial charge in [0.2, 0.25) is 0 Å². The van der Waals surface area contributed by atoms with Crippen LogP contribution >= 0.6 is 24.8 Å². The topological polar surface area (TPSA) is 100 Å². The summed E-state index contributed by atoms with van der Waals surface area (Å²) in [5.74, 6) is 1.19. The molecule has 4 heterocycles. The van der Waals surface area contributed by atoms with Crippen molar-refractivity contribution in [1.29, 1.82) is 0 Å². The zero-order valence-electron chi connectivity index (χ0n) is 14.9. The van der Waals surface area contributed by atoms with Crippen molar-refractivity contribution in [2.45, 2.75) is 12.8 Å². The highest BCUT2D eigenvalue weighted by Crippen LogP contribution is 2.27. The first-order chi connectivity index (χ1) is 12.0. The Bertz CT molecular complexity index is 944. The molecule has 2 fully saturated rings. The molecular weight excluding hydrogens is 393 g/mol. The van der Waals surface area contributed by atoms with Crippen molar-refractivity contribution in [2.24, 2.45) is 18.9 Å². The molecule has 148 valence electrons. The van der Waals surface area contributed by atoms with Crippen molar-refractivity contribution in [3.05, 3.63) is 38.7 Å². The van der Waals surface area contributed by atoms with Gasteiger partial charge < -0.3 is 10.2 Å². The van der Waals surface area contributed by atoms with Crippen molar-refractivity contribution in [3.8, 4) is 0 Å². The van der Waals surface area contributed by atoms with E-state index < -0.39 is 11.2 Å². The molecule has 0 radical (unpaired) electrons. The number of pyridine rings is 1. The highest BCUT2D eigenvalue weighted by atomic mass is 35.5. The number of nitrogens with one attached hydrogen (secondary N) is 2. The van der Waals surface area contributed by atoms with Gasteiger partial charge in [-0.3, -0.25) is 19.1 Å². The van der Waals surface area contributed by atoms with E-state index >= 15 is 0 Å². The molecule has 0 aliphatic carbocycles. The standard InChI is InChI=1S/C17H21N5O3.2ClH/c1-21-14-13(15(23)20-17(21)25)6-12(9-19-14)16(24)22-4-2-10-7-18-8-11(10)3-5-22;;/h6,9-11,18H,2-5,7-8H2,1H3,(H,20,23,25);2*1H/t10-,11+;;. The average Bonchev–Trinajstić information content (AvgIpc) is 2.97. The van der Waals surface area contributed by atoms with Crippen molar-refractivity contribution in [2.75, 3.05) is 26.2 Å². The van der Waals surface area contributed by atoms with Crippen molar-refractivity contribution in [1.82, 2.24) is 24.8 Å². The number of H-pyrrole nitrogens is 1. The number of likely N-dealkylation sites (tertiary alicyclic amines) is 1. The summed E-state index contributed by atoms with van der Waals surface area (Å²) in [5.41, 5.74) is -0.364. The predicted octanol–water partition coefficient (Wildman–Crippen LogP) is 0.537. The number of carbonyl (C=O) groups excluding carboxylic acids is 1. The van der Waals surface area contributed by atoms with Crippen LogP contribution in [0.3, 0.4) is 0 Å². The van der Waals surface area contributed by atoms with Crippen LogP contribution in [0, 0.1) is 11.8 Å². The number of hydrogen-bond acceptors (Lipinski definition) is 5. The van der Waals surface area contributed by atoms with Gasteiger partial charge in [-0.25, -0.2) is 9.78 Å². The van der Waals surface area contributed by atoms with E-state index in [4.69, 9.17) is 0 Å². The fourth-order valence-electron chi connectivity index (χ4n) is 3.96. The van der Waals surface area contributed by atoms with Crippen LogP contribution in [0.5, 0.6) is 0 Å². The minimum Gasteiger partial charge on any atom is -0.339 e. The summed E-state index contributed by atoms with van der Waals surface area (Å²) in [5, 5.41) is 3.68. The van der Waals surface area contributed by atoms with Crippen LogP contribution in [0.15, 0.2) is 21.9 Å². The number of amides is 1. The zero-order chi connectivity index (χ0) is 17.6. The van der Waals surface area contributed by atoms with E-state index in [9.17, 15) is 14.4 Å². The lowest BCUT2D eigenvalue weighted by atomic mass is 9.92. The van der Waals surface area contributed by atoms with E-state index in [1.807, 2.05) is 4.90 Å². The molecule has 10 heteroatoms. The van der Waals surface area contributed by atoms with Gasteiger partial charge in [0.25, 0.3) is 11.5 Å². The molecule has 2 aliphatic rings. The molecule has 1 amide bonds. The van der Waals surface area contributed by atoms with E-state index in [2.05, 4.69) is 15.3 Å². The van der Waals surface area contributed by atoms with E-state index in [-0.39, 0.29) is 41.8 Å². The molecule has 0 aromatic carbocycles. The summed E-state index contributed by atoms with van der Waals surface area (Å²) in [6, 6.07) is 1.54. The molecular formula is C17H23Cl2N5O3. The lowest BCUT2D eigenvalue weighted by molar-refractivity contribution is 0.0758. The van der Waals surface area contributed by atoms with Gasteiger partial charge in [-0.05, 0) is 43.8 Å². The third-order valence-electron chi connectivity index (χ3n) is 5.51. The highest BCUT2D eigenvalue weighted by molar-refractivity contribution is 5.96. The number of aromatic nitrogens is 3. The Hall–Kier alpha value is -1.90. The van der Waals surface area contributed by atoms with Gasteiger partial charge >= 0.3 is 5.69 Å². The van der Waals surface area contributed by atoms with Crippen molar-refractivity contribution >= 4 is 41.8 Å². The number of halogens is 2. The number of fused-ring (bicyclic) bond motifs is 2. The van der Waals surface area contributed by atoms with Gasteiger partial charge in [0, 0.05) is 26.3 Å². The third-order valence-corrected chi connectivity index (χ3v) is 5.51. The molecule has 0 saturated carbocycles. The van der Waals surface area contributed by atoms with Crippen molar-refractivity contribution in [3.63, 3.8) is 0 Å². The van der Waals surface area contributed by atoms with E-state index in [1.54, 1.807) is 0 Å². The van der Waals surface area contributed by atoms with Crippen LogP contribution in [-0.4, -0.2) is 51.5 Å². The summed E-state index contributed by atoms with van der Waals surface area (Å²) in [7, 11) is 1.54. The van der Waals surface area contributed by atoms with Crippen LogP contribution in [-0.2, 0) is 7.05 Å². The largest absolute Gasteiger partial charge is 0.339 e. The number of aryl methyl sites for hydroxylation is 1. The fraction of sp³-hybridized carbons (Fsp3) is 0.529. The van der Waals surface area contributed by atoms with Crippen LogP contribution < -0.4 is 16.6 Å². The van der Waals surface area contributed by atoms with E-state index in [1.165, 1.54) is 23.9 Å². The number of aromatic amines is 1. The molecule has 4 rings (SSSR count). The van der Waals surface area contributed by atoms with Crippen LogP contribution in [0.2, 0.25) is 0 Å². The number of nitrogens with zero attached hydrogens (tertiary/aromatic N) is 3. The van der Waals surface area contributed by atoms with Gasteiger partial charge in [0.15, 0.2) is 0 Å². The Labute approximate surface area is 168 Å². The second-order valence-electron chi connectivity index (χ2n) is 6.96. The first-order valence-corrected chi connectivity index (χ1v) is 8.63. The number of carbonyl (C=O) groups is 1. The molecule has 0 spiro atoms. The van der Waals surface area contributed by atoms with Gasteiger partial charge in [0.05, 0.1) is 10.9 Å². The first-order valence-electron chi connectivity index (χ1n) is 8.63. The summed E-state index contributed by atoms with van der Waals surface area (Å²) in [6.07, 6.45) is 3.45. The normalized spacial score (nSPS) is 21.7. The van der Waals surface area contributed by atoms with Gasteiger partial charge in [-0.15, -0.1) is 24.8 Å². The fourth-order valence-corrected chi connectivity index (χ4v) is 3.96. The van der Waals surface area contributed by atoms with E-state index in [0.717, 1.165) is 39.0 Å². The second kappa shape index (κ2) is 8.41. The summed E-state index contributed by atoms with van der Waals surface area (Å²) in [6.45, 7) is 3.52. The molecule has 8 nitrogen and oxygen atoms in total. The lowest BCUT2D eigenvalue weighted by Gasteiger charge is -2.21. The summed E-state index contributed by atoms with van der Waals surface area (Å²) < 4.78 is 1.27. The molecule has 2 aromatic heterocycles. The molecule has 2 aliphatic heterocycles. The Morgan fingerprint density at radius 1 is 1.15 bits per heavy atom. The SMILES string of the molecule is Cl.Cl.Cn1c(=O)[nH]c(=O)c2cc(C(=O)N3CC[C@@H]4CNC[C@@H]4CC3)cnc21. The minimum absolute atomic E-state index is 0.